The summed E-state index contributed by atoms with van der Waals surface area (Å²) in [6, 6.07) is 11.9. The van der Waals surface area contributed by atoms with Gasteiger partial charge in [-0.3, -0.25) is 38.3 Å². The van der Waals surface area contributed by atoms with Crippen molar-refractivity contribution in [1.82, 2.24) is 38.2 Å². The number of pyridine rings is 1. The zero-order chi connectivity index (χ0) is 41.7. The molecule has 9 rings (SSSR count). The van der Waals surface area contributed by atoms with Crippen LogP contribution in [0.3, 0.4) is 0 Å². The predicted octanol–water partition coefficient (Wildman–Crippen LogP) is 4.68. The number of aryl methyl sites for hydroxylation is 2. The molecule has 2 unspecified atom stereocenters. The molecule has 2 N–H and O–H groups in total. The van der Waals surface area contributed by atoms with E-state index in [9.17, 15) is 23.4 Å². The first kappa shape index (κ1) is 40.2. The molecule has 4 aliphatic rings. The summed E-state index contributed by atoms with van der Waals surface area (Å²) in [5, 5.41) is 6.45. The van der Waals surface area contributed by atoms with Gasteiger partial charge < -0.3 is 10.2 Å². The maximum atomic E-state index is 16.1. The maximum Gasteiger partial charge on any atom is 0.329 e. The number of carbonyl (C=O) groups excluding carboxylic acids is 2. The number of fused-ring (bicyclic) bond motifs is 2. The number of aromatic nitrogens is 5. The van der Waals surface area contributed by atoms with Crippen LogP contribution in [-0.2, 0) is 27.6 Å². The van der Waals surface area contributed by atoms with Crippen LogP contribution in [0.25, 0.3) is 22.1 Å². The highest BCUT2D eigenvalue weighted by molar-refractivity contribution is 7.82. The van der Waals surface area contributed by atoms with Crippen LogP contribution in [0.2, 0.25) is 0 Å². The number of benzene rings is 2. The van der Waals surface area contributed by atoms with Crippen LogP contribution in [0, 0.1) is 18.7 Å². The molecule has 2 aromatic carbocycles. The number of amides is 2. The molecule has 0 radical (unpaired) electrons. The fraction of sp³-hybridized carbons (Fsp3) is 0.488. The number of carbonyl (C=O) groups is 2. The summed E-state index contributed by atoms with van der Waals surface area (Å²) in [6.45, 7) is 7.30. The van der Waals surface area contributed by atoms with Crippen molar-refractivity contribution < 1.29 is 18.2 Å². The van der Waals surface area contributed by atoms with Crippen LogP contribution < -0.4 is 26.8 Å². The molecule has 2 atom stereocenters. The van der Waals surface area contributed by atoms with Crippen LogP contribution in [0.5, 0.6) is 0 Å². The fourth-order valence-corrected chi connectivity index (χ4v) is 10.9. The number of imide groups is 1. The second kappa shape index (κ2) is 16.7. The summed E-state index contributed by atoms with van der Waals surface area (Å²) < 4.78 is 36.3. The van der Waals surface area contributed by atoms with E-state index < -0.39 is 34.4 Å². The van der Waals surface area contributed by atoms with Crippen molar-refractivity contribution in [2.75, 3.05) is 56.0 Å². The van der Waals surface area contributed by atoms with E-state index in [1.165, 1.54) is 16.2 Å². The van der Waals surface area contributed by atoms with Crippen molar-refractivity contribution in [1.29, 1.82) is 0 Å². The Morgan fingerprint density at radius 1 is 0.900 bits per heavy atom. The van der Waals surface area contributed by atoms with Gasteiger partial charge in [-0.25, -0.2) is 22.7 Å². The van der Waals surface area contributed by atoms with Crippen molar-refractivity contribution in [3.05, 3.63) is 80.9 Å². The van der Waals surface area contributed by atoms with Gasteiger partial charge in [0.1, 0.15) is 28.2 Å². The molecule has 3 aromatic heterocycles. The van der Waals surface area contributed by atoms with Gasteiger partial charge in [-0.2, -0.15) is 4.98 Å². The van der Waals surface area contributed by atoms with E-state index in [0.717, 1.165) is 99.2 Å². The van der Waals surface area contributed by atoms with Crippen LogP contribution in [0.15, 0.2) is 63.1 Å². The molecule has 2 amide bonds. The summed E-state index contributed by atoms with van der Waals surface area (Å²) >= 11 is 0. The fourth-order valence-electron chi connectivity index (χ4n) is 9.60. The third-order valence-electron chi connectivity index (χ3n) is 13.1. The summed E-state index contributed by atoms with van der Waals surface area (Å²) in [4.78, 5) is 64.8. The number of rotatable bonds is 10. The molecule has 316 valence electrons. The van der Waals surface area contributed by atoms with E-state index in [1.54, 1.807) is 30.5 Å². The summed E-state index contributed by atoms with van der Waals surface area (Å²) in [6.07, 6.45) is 9.23. The molecular weight excluding hydrogens is 788 g/mol. The zero-order valence-electron chi connectivity index (χ0n) is 34.1. The van der Waals surface area contributed by atoms with Gasteiger partial charge in [0.05, 0.1) is 16.1 Å². The van der Waals surface area contributed by atoms with E-state index in [-0.39, 0.29) is 35.9 Å². The summed E-state index contributed by atoms with van der Waals surface area (Å²) in [5.74, 6) is -0.450. The van der Waals surface area contributed by atoms with E-state index in [1.807, 2.05) is 34.6 Å². The molecule has 15 nitrogen and oxygen atoms in total. The molecular formula is C43H51FN10O5S. The lowest BCUT2D eigenvalue weighted by Crippen LogP contribution is -2.47. The van der Waals surface area contributed by atoms with Gasteiger partial charge in [0, 0.05) is 82.1 Å². The molecule has 6 heterocycles. The Kier molecular flexibility index (Phi) is 11.1. The summed E-state index contributed by atoms with van der Waals surface area (Å²) in [5.41, 5.74) is 2.80. The normalized spacial score (nSPS) is 20.6. The Morgan fingerprint density at radius 3 is 2.40 bits per heavy atom. The van der Waals surface area contributed by atoms with Crippen LogP contribution in [-0.4, -0.2) is 94.7 Å². The number of nitrogens with one attached hydrogen (secondary N) is 2. The van der Waals surface area contributed by atoms with Crippen LogP contribution >= 0.6 is 0 Å². The molecule has 60 heavy (non-hydrogen) atoms. The van der Waals surface area contributed by atoms with Gasteiger partial charge in [-0.1, -0.05) is 12.8 Å². The first-order valence-electron chi connectivity index (χ1n) is 21.2. The lowest BCUT2D eigenvalue weighted by Gasteiger charge is -2.37. The number of anilines is 3. The molecule has 5 aromatic rings. The molecule has 1 aliphatic carbocycles. The second-order valence-electron chi connectivity index (χ2n) is 16.7. The highest BCUT2D eigenvalue weighted by Crippen LogP contribution is 2.33. The average molecular weight is 839 g/mol. The minimum Gasteiger partial charge on any atom is -0.367 e. The highest BCUT2D eigenvalue weighted by Gasteiger charge is 2.33. The molecule has 0 bridgehead atoms. The molecule has 0 spiro atoms. The molecule has 3 aliphatic heterocycles. The highest BCUT2D eigenvalue weighted by atomic mass is 32.2. The minimum atomic E-state index is -1.28. The number of nitrogens with zero attached hydrogens (tertiary/aromatic N) is 8. The monoisotopic (exact) mass is 838 g/mol. The van der Waals surface area contributed by atoms with Gasteiger partial charge in [0.15, 0.2) is 5.82 Å². The zero-order valence-corrected chi connectivity index (χ0v) is 34.9. The van der Waals surface area contributed by atoms with E-state index in [0.29, 0.717) is 41.8 Å². The van der Waals surface area contributed by atoms with Crippen molar-refractivity contribution in [3.63, 3.8) is 0 Å². The van der Waals surface area contributed by atoms with Gasteiger partial charge in [0.25, 0.3) is 5.56 Å². The number of halogens is 1. The number of piperidine rings is 2. The molecule has 17 heteroatoms. The number of piperazine rings is 1. The van der Waals surface area contributed by atoms with E-state index >= 15 is 4.39 Å². The predicted molar refractivity (Wildman–Crippen MR) is 228 cm³/mol. The topological polar surface area (TPSA) is 160 Å². The number of hydrogen-bond acceptors (Lipinski definition) is 10. The average Bonchev–Trinajstić information content (AvgIpc) is 3.87. The Hall–Kier alpha value is -5.26. The lowest BCUT2D eigenvalue weighted by atomic mass is 9.94. The third kappa shape index (κ3) is 7.66. The second-order valence-corrected chi connectivity index (χ2v) is 18.2. The maximum absolute atomic E-state index is 16.1. The Labute approximate surface area is 349 Å². The lowest BCUT2D eigenvalue weighted by molar-refractivity contribution is -0.135. The largest absolute Gasteiger partial charge is 0.367 e. The molecule has 3 saturated heterocycles. The van der Waals surface area contributed by atoms with Crippen molar-refractivity contribution in [2.24, 2.45) is 13.0 Å². The van der Waals surface area contributed by atoms with Crippen molar-refractivity contribution in [2.45, 2.75) is 81.7 Å². The molecule has 1 saturated carbocycles. The van der Waals surface area contributed by atoms with Crippen LogP contribution in [0.1, 0.15) is 75.4 Å². The first-order chi connectivity index (χ1) is 29.0. The smallest absolute Gasteiger partial charge is 0.329 e. The van der Waals surface area contributed by atoms with Gasteiger partial charge in [0.2, 0.25) is 17.8 Å². The Balaban J connectivity index is 0.762. The van der Waals surface area contributed by atoms with Gasteiger partial charge in [-0.05, 0) is 99.9 Å². The van der Waals surface area contributed by atoms with Crippen molar-refractivity contribution in [3.8, 4) is 0 Å². The standard InChI is InChI=1S/C43H51FN10O5S/c1-27-25-31(8-9-32(27)46-42-45-26-29-7-14-37(56)53(40(29)48-42)30-5-3-4-6-30)60(59)52-19-16-28(17-20-52)15-18-50-21-23-51(24-22-50)33-10-11-34-39(38(33)44)49(2)43(58)54(34)35-12-13-36(55)47-41(35)57/h7-11,14,25-26,28,30,35H,3-6,12-13,15-24H2,1-2H3,(H,45,46,48)(H,47,55,57). The van der Waals surface area contributed by atoms with Crippen LogP contribution in [0.4, 0.5) is 21.7 Å². The molecule has 4 fully saturated rings. The van der Waals surface area contributed by atoms with Crippen molar-refractivity contribution >= 4 is 62.2 Å². The summed E-state index contributed by atoms with van der Waals surface area (Å²) in [7, 11) is 0.228. The third-order valence-corrected chi connectivity index (χ3v) is 14.6. The number of imidazole rings is 1. The van der Waals surface area contributed by atoms with E-state index in [2.05, 4.69) is 24.8 Å². The Morgan fingerprint density at radius 2 is 1.67 bits per heavy atom. The Bertz CT molecular complexity index is 2620. The number of hydrogen-bond donors (Lipinski definition) is 2. The van der Waals surface area contributed by atoms with E-state index in [4.69, 9.17) is 4.98 Å². The van der Waals surface area contributed by atoms with Gasteiger partial charge >= 0.3 is 5.69 Å². The quantitative estimate of drug-likeness (QED) is 0.189. The van der Waals surface area contributed by atoms with Gasteiger partial charge in [-0.15, -0.1) is 0 Å². The first-order valence-corrected chi connectivity index (χ1v) is 22.3. The SMILES string of the molecule is Cc1cc(S(=O)N2CCC(CCN3CCN(c4ccc5c(c4F)n(C)c(=O)n5C4CCC(=O)NC4=O)CC3)CC2)ccc1Nc1ncc2ccc(=O)n(C3CCCC3)c2n1. The minimum absolute atomic E-state index is 0.0360.